The van der Waals surface area contributed by atoms with E-state index in [0.717, 1.165) is 0 Å². The number of carboxylic acid groups (broad SMARTS) is 2. The molecule has 0 aliphatic rings. The highest BCUT2D eigenvalue weighted by Crippen LogP contribution is 1.89. The lowest BCUT2D eigenvalue weighted by Crippen LogP contribution is -2.22. The molecule has 0 aliphatic heterocycles. The Balaban J connectivity index is 0. The lowest BCUT2D eigenvalue weighted by atomic mass is 10.3. The largest absolute Gasteiger partial charge is 0.481 e. The predicted octanol–water partition coefficient (Wildman–Crippen LogP) is -1.38. The molecule has 90 valence electrons. The predicted molar refractivity (Wildman–Crippen MR) is 51.2 cm³/mol. The number of rotatable bonds is 5. The van der Waals surface area contributed by atoms with Crippen molar-refractivity contribution in [2.24, 2.45) is 5.73 Å². The van der Waals surface area contributed by atoms with Crippen LogP contribution in [0.15, 0.2) is 0 Å². The maximum Gasteiger partial charge on any atom is 0.333 e. The molecule has 0 saturated carbocycles. The molecule has 0 spiro atoms. The molecule has 0 aromatic heterocycles. The molecule has 2 atom stereocenters. The number of nitrogens with two attached hydrogens (primary N) is 1. The van der Waals surface area contributed by atoms with Gasteiger partial charge < -0.3 is 26.2 Å². The van der Waals surface area contributed by atoms with Gasteiger partial charge >= 0.3 is 11.9 Å². The number of aliphatic carboxylic acids is 2. The van der Waals surface area contributed by atoms with Gasteiger partial charge in [0, 0.05) is 12.6 Å². The third kappa shape index (κ3) is 15.6. The summed E-state index contributed by atoms with van der Waals surface area (Å²) in [7, 11) is 0. The molecule has 0 fully saturated rings. The van der Waals surface area contributed by atoms with Gasteiger partial charge in [0.1, 0.15) is 0 Å². The minimum atomic E-state index is -1.79. The molecule has 0 radical (unpaired) electrons. The normalized spacial score (nSPS) is 13.3. The molecule has 0 aromatic carbocycles. The maximum atomic E-state index is 9.72. The summed E-state index contributed by atoms with van der Waals surface area (Å²) in [5, 5.41) is 32.3. The van der Waals surface area contributed by atoms with Crippen LogP contribution < -0.4 is 5.73 Å². The molecule has 7 nitrogen and oxygen atoms in total. The Kier molecular flexibility index (Phi) is 10.2. The minimum Gasteiger partial charge on any atom is -0.481 e. The summed E-state index contributed by atoms with van der Waals surface area (Å²) in [5.74, 6) is -2.85. The number of carbonyl (C=O) groups is 2. The van der Waals surface area contributed by atoms with E-state index < -0.39 is 24.5 Å². The average Bonchev–Trinajstić information content (AvgIpc) is 2.03. The second kappa shape index (κ2) is 9.38. The average molecular weight is 223 g/mol. The van der Waals surface area contributed by atoms with E-state index >= 15 is 0 Å². The van der Waals surface area contributed by atoms with Gasteiger partial charge in [0.25, 0.3) is 0 Å². The first-order chi connectivity index (χ1) is 6.81. The van der Waals surface area contributed by atoms with Crippen LogP contribution in [0.4, 0.5) is 0 Å². The first kappa shape index (κ1) is 16.3. The van der Waals surface area contributed by atoms with Gasteiger partial charge in [-0.05, 0) is 13.3 Å². The zero-order valence-electron chi connectivity index (χ0n) is 8.46. The van der Waals surface area contributed by atoms with Crippen molar-refractivity contribution in [2.45, 2.75) is 31.9 Å². The van der Waals surface area contributed by atoms with Crippen LogP contribution in [0, 0.1) is 0 Å². The molecule has 0 heterocycles. The fourth-order valence-corrected chi connectivity index (χ4v) is 0.456. The van der Waals surface area contributed by atoms with Gasteiger partial charge in [-0.25, -0.2) is 4.79 Å². The van der Waals surface area contributed by atoms with Gasteiger partial charge in [-0.1, -0.05) is 0 Å². The van der Waals surface area contributed by atoms with Crippen molar-refractivity contribution in [1.82, 2.24) is 0 Å². The van der Waals surface area contributed by atoms with E-state index in [4.69, 9.17) is 26.2 Å². The van der Waals surface area contributed by atoms with Gasteiger partial charge in [0.05, 0.1) is 6.42 Å². The highest BCUT2D eigenvalue weighted by Gasteiger charge is 2.16. The molecule has 0 rings (SSSR count). The smallest absolute Gasteiger partial charge is 0.333 e. The molecular formula is C8H17NO6. The van der Waals surface area contributed by atoms with Crippen molar-refractivity contribution in [3.63, 3.8) is 0 Å². The number of aliphatic hydroxyl groups excluding tert-OH is 2. The summed E-state index contributed by atoms with van der Waals surface area (Å²) in [5.41, 5.74) is 5.24. The van der Waals surface area contributed by atoms with E-state index in [1.54, 1.807) is 0 Å². The Hall–Kier alpha value is -1.18. The summed E-state index contributed by atoms with van der Waals surface area (Å²) < 4.78 is 0. The number of aliphatic hydroxyl groups is 2. The highest BCUT2D eigenvalue weighted by atomic mass is 16.4. The van der Waals surface area contributed by atoms with Gasteiger partial charge in [-0.15, -0.1) is 0 Å². The molecule has 0 aromatic rings. The van der Waals surface area contributed by atoms with E-state index in [2.05, 4.69) is 0 Å². The third-order valence-electron chi connectivity index (χ3n) is 1.24. The number of hydrogen-bond donors (Lipinski definition) is 5. The second-order valence-corrected chi connectivity index (χ2v) is 2.94. The van der Waals surface area contributed by atoms with Gasteiger partial charge in [-0.2, -0.15) is 0 Å². The third-order valence-corrected chi connectivity index (χ3v) is 1.24. The Morgan fingerprint density at radius 3 is 1.87 bits per heavy atom. The van der Waals surface area contributed by atoms with Crippen LogP contribution in [0.1, 0.15) is 19.8 Å². The summed E-state index contributed by atoms with van der Waals surface area (Å²) >= 11 is 0. The maximum absolute atomic E-state index is 9.72. The van der Waals surface area contributed by atoms with E-state index in [9.17, 15) is 9.59 Å². The Bertz CT molecular complexity index is 194. The summed E-state index contributed by atoms with van der Waals surface area (Å²) in [6.45, 7) is 2.08. The molecule has 0 aliphatic carbocycles. The van der Waals surface area contributed by atoms with Crippen LogP contribution in [0.3, 0.4) is 0 Å². The molecule has 0 amide bonds. The molecular weight excluding hydrogens is 206 g/mol. The van der Waals surface area contributed by atoms with Crippen LogP contribution in [0.5, 0.6) is 0 Å². The SMILES string of the molecule is CC(N)CCO.O=C(O)CC(O)C(=O)O. The minimum absolute atomic E-state index is 0.148. The highest BCUT2D eigenvalue weighted by molar-refractivity contribution is 5.79. The van der Waals surface area contributed by atoms with Gasteiger partial charge in [-0.3, -0.25) is 4.79 Å². The van der Waals surface area contributed by atoms with Crippen molar-refractivity contribution in [2.75, 3.05) is 6.61 Å². The van der Waals surface area contributed by atoms with Crippen molar-refractivity contribution in [1.29, 1.82) is 0 Å². The number of hydrogen-bond acceptors (Lipinski definition) is 5. The van der Waals surface area contributed by atoms with E-state index in [1.165, 1.54) is 0 Å². The van der Waals surface area contributed by atoms with Crippen LogP contribution in [-0.4, -0.2) is 51.1 Å². The Morgan fingerprint density at radius 1 is 1.33 bits per heavy atom. The van der Waals surface area contributed by atoms with Crippen LogP contribution >= 0.6 is 0 Å². The lowest BCUT2D eigenvalue weighted by molar-refractivity contribution is -0.152. The van der Waals surface area contributed by atoms with Crippen molar-refractivity contribution in [3.8, 4) is 0 Å². The lowest BCUT2D eigenvalue weighted by Gasteiger charge is -1.97. The van der Waals surface area contributed by atoms with Crippen LogP contribution in [-0.2, 0) is 9.59 Å². The zero-order valence-corrected chi connectivity index (χ0v) is 8.46. The van der Waals surface area contributed by atoms with Crippen LogP contribution in [0.25, 0.3) is 0 Å². The summed E-state index contributed by atoms with van der Waals surface area (Å²) in [6.07, 6.45) is -1.84. The second-order valence-electron chi connectivity index (χ2n) is 2.94. The molecule has 7 heteroatoms. The van der Waals surface area contributed by atoms with Crippen LogP contribution in [0.2, 0.25) is 0 Å². The fraction of sp³-hybridized carbons (Fsp3) is 0.750. The fourth-order valence-electron chi connectivity index (χ4n) is 0.456. The van der Waals surface area contributed by atoms with E-state index in [-0.39, 0.29) is 12.6 Å². The molecule has 15 heavy (non-hydrogen) atoms. The quantitative estimate of drug-likeness (QED) is 0.387. The van der Waals surface area contributed by atoms with Crippen molar-refractivity contribution >= 4 is 11.9 Å². The first-order valence-corrected chi connectivity index (χ1v) is 4.30. The first-order valence-electron chi connectivity index (χ1n) is 4.30. The van der Waals surface area contributed by atoms with Crippen molar-refractivity contribution in [3.05, 3.63) is 0 Å². The van der Waals surface area contributed by atoms with Gasteiger partial charge in [0.2, 0.25) is 0 Å². The van der Waals surface area contributed by atoms with E-state index in [0.29, 0.717) is 6.42 Å². The standard InChI is InChI=1S/C4H11NO.C4H6O5/c1-4(5)2-3-6;5-2(4(8)9)1-3(6)7/h4,6H,2-3,5H2,1H3;2,5H,1H2,(H,6,7)(H,8,9). The zero-order chi connectivity index (χ0) is 12.4. The summed E-state index contributed by atoms with van der Waals surface area (Å²) in [4.78, 5) is 19.4. The topological polar surface area (TPSA) is 141 Å². The number of carboxylic acids is 2. The Labute approximate surface area is 87.1 Å². The van der Waals surface area contributed by atoms with E-state index in [1.807, 2.05) is 6.92 Å². The molecule has 2 unspecified atom stereocenters. The van der Waals surface area contributed by atoms with Crippen molar-refractivity contribution < 1.29 is 30.0 Å². The molecule has 0 bridgehead atoms. The Morgan fingerprint density at radius 2 is 1.80 bits per heavy atom. The molecule has 0 saturated heterocycles. The van der Waals surface area contributed by atoms with Gasteiger partial charge in [0.15, 0.2) is 6.10 Å². The molecule has 6 N–H and O–H groups in total. The summed E-state index contributed by atoms with van der Waals surface area (Å²) in [6, 6.07) is 0.148. The monoisotopic (exact) mass is 223 g/mol.